The Kier molecular flexibility index (Phi) is 6.22. The van der Waals surface area contributed by atoms with Gasteiger partial charge < -0.3 is 4.98 Å². The minimum absolute atomic E-state index is 0.137. The van der Waals surface area contributed by atoms with Crippen molar-refractivity contribution in [3.05, 3.63) is 69.2 Å². The van der Waals surface area contributed by atoms with Crippen LogP contribution in [0.25, 0.3) is 21.3 Å². The highest BCUT2D eigenvalue weighted by Gasteiger charge is 2.18. The molecule has 0 saturated carbocycles. The van der Waals surface area contributed by atoms with Crippen molar-refractivity contribution in [2.45, 2.75) is 29.5 Å². The molecule has 0 radical (unpaired) electrons. The van der Waals surface area contributed by atoms with E-state index in [0.717, 1.165) is 20.3 Å². The molecule has 0 amide bonds. The summed E-state index contributed by atoms with van der Waals surface area (Å²) in [5.41, 5.74) is 2.94. The number of aryl methyl sites for hydroxylation is 2. The number of fused-ring (bicyclic) bond motifs is 1. The normalized spacial score (nSPS) is 12.0. The van der Waals surface area contributed by atoms with Crippen molar-refractivity contribution in [1.29, 1.82) is 0 Å². The topological polar surface area (TPSA) is 96.0 Å². The van der Waals surface area contributed by atoms with Crippen molar-refractivity contribution in [2.75, 3.05) is 14.1 Å². The molecule has 166 valence electrons. The highest BCUT2D eigenvalue weighted by atomic mass is 32.2. The van der Waals surface area contributed by atoms with E-state index < -0.39 is 10.0 Å². The van der Waals surface area contributed by atoms with Gasteiger partial charge in [-0.05, 0) is 31.5 Å². The maximum Gasteiger partial charge on any atom is 0.260 e. The van der Waals surface area contributed by atoms with Crippen molar-refractivity contribution in [3.8, 4) is 11.1 Å². The molecule has 32 heavy (non-hydrogen) atoms. The lowest BCUT2D eigenvalue weighted by atomic mass is 10.0. The van der Waals surface area contributed by atoms with E-state index >= 15 is 0 Å². The molecule has 7 nitrogen and oxygen atoms in total. The minimum Gasteiger partial charge on any atom is -0.309 e. The van der Waals surface area contributed by atoms with Gasteiger partial charge in [0.2, 0.25) is 10.0 Å². The Morgan fingerprint density at radius 2 is 1.81 bits per heavy atom. The van der Waals surface area contributed by atoms with Crippen molar-refractivity contribution in [1.82, 2.24) is 19.3 Å². The van der Waals surface area contributed by atoms with Gasteiger partial charge in [-0.2, -0.15) is 0 Å². The molecule has 4 aromatic rings. The third kappa shape index (κ3) is 4.36. The Labute approximate surface area is 194 Å². The van der Waals surface area contributed by atoms with E-state index in [1.54, 1.807) is 6.07 Å². The molecule has 0 aliphatic carbocycles. The molecule has 10 heteroatoms. The molecule has 0 aliphatic rings. The lowest BCUT2D eigenvalue weighted by Crippen LogP contribution is -2.22. The zero-order valence-electron chi connectivity index (χ0n) is 18.0. The van der Waals surface area contributed by atoms with E-state index in [1.807, 2.05) is 38.1 Å². The van der Waals surface area contributed by atoms with Crippen LogP contribution in [0.4, 0.5) is 0 Å². The number of thioether (sulfide) groups is 1. The van der Waals surface area contributed by atoms with Crippen molar-refractivity contribution < 1.29 is 8.42 Å². The van der Waals surface area contributed by atoms with Crippen LogP contribution in [0.5, 0.6) is 0 Å². The molecule has 1 N–H and O–H groups in total. The molecule has 0 atom stereocenters. The van der Waals surface area contributed by atoms with Crippen LogP contribution < -0.4 is 5.56 Å². The Morgan fingerprint density at radius 1 is 1.09 bits per heavy atom. The quantitative estimate of drug-likeness (QED) is 0.410. The number of sulfonamides is 1. The Balaban J connectivity index is 1.59. The maximum absolute atomic E-state index is 12.9. The molecule has 3 aromatic heterocycles. The zero-order chi connectivity index (χ0) is 23.0. The molecule has 0 fully saturated rings. The Morgan fingerprint density at radius 3 is 2.44 bits per heavy atom. The first-order valence-electron chi connectivity index (χ1n) is 9.77. The molecule has 0 saturated heterocycles. The minimum atomic E-state index is -3.51. The summed E-state index contributed by atoms with van der Waals surface area (Å²) in [6.45, 7) is 4.03. The molecule has 0 aliphatic heterocycles. The summed E-state index contributed by atoms with van der Waals surface area (Å²) < 4.78 is 25.5. The number of nitrogens with zero attached hydrogens (tertiary/aromatic N) is 3. The average Bonchev–Trinajstić information content (AvgIpc) is 3.09. The summed E-state index contributed by atoms with van der Waals surface area (Å²) >= 11 is 2.89. The molecule has 0 bridgehead atoms. The summed E-state index contributed by atoms with van der Waals surface area (Å²) in [5, 5.41) is 1.26. The molecular weight excluding hydrogens is 464 g/mol. The molecule has 1 aromatic carbocycles. The van der Waals surface area contributed by atoms with Gasteiger partial charge in [0.05, 0.1) is 16.2 Å². The van der Waals surface area contributed by atoms with Crippen molar-refractivity contribution >= 4 is 43.3 Å². The SMILES string of the molecule is Cc1ccc(-c2c(C)sc3nc(CSc4ccc(S(=O)(=O)N(C)C)cn4)[nH]c(=O)c23)cc1. The number of rotatable bonds is 6. The van der Waals surface area contributed by atoms with Crippen LogP contribution in [0.15, 0.2) is 57.3 Å². The van der Waals surface area contributed by atoms with Gasteiger partial charge in [-0.3, -0.25) is 4.79 Å². The Bertz CT molecular complexity index is 1440. The van der Waals surface area contributed by atoms with Gasteiger partial charge in [0, 0.05) is 30.7 Å². The molecule has 0 spiro atoms. The standard InChI is InChI=1S/C22H22N4O3S3/c1-13-5-7-15(8-6-13)19-14(2)31-22-20(19)21(27)24-17(25-22)12-30-18-10-9-16(11-23-18)32(28,29)26(3)4/h5-11H,12H2,1-4H3,(H,24,25,27). The van der Waals surface area contributed by atoms with Crippen LogP contribution in [-0.2, 0) is 15.8 Å². The van der Waals surface area contributed by atoms with Crippen LogP contribution in [-0.4, -0.2) is 41.8 Å². The van der Waals surface area contributed by atoms with Gasteiger partial charge in [-0.25, -0.2) is 22.7 Å². The summed E-state index contributed by atoms with van der Waals surface area (Å²) in [6, 6.07) is 11.3. The second-order valence-corrected chi connectivity index (χ2v) is 11.9. The Hall–Kier alpha value is -2.53. The third-order valence-corrected chi connectivity index (χ3v) is 8.72. The first-order chi connectivity index (χ1) is 15.2. The molecule has 0 unspecified atom stereocenters. The number of thiophene rings is 1. The average molecular weight is 487 g/mol. The summed E-state index contributed by atoms with van der Waals surface area (Å²) in [5.74, 6) is 0.963. The number of benzene rings is 1. The number of pyridine rings is 1. The van der Waals surface area contributed by atoms with Gasteiger partial charge in [-0.1, -0.05) is 41.6 Å². The highest BCUT2D eigenvalue weighted by Crippen LogP contribution is 2.35. The number of aromatic nitrogens is 3. The van der Waals surface area contributed by atoms with E-state index in [1.165, 1.54) is 55.0 Å². The second-order valence-electron chi connectivity index (χ2n) is 7.50. The van der Waals surface area contributed by atoms with E-state index in [0.29, 0.717) is 26.8 Å². The van der Waals surface area contributed by atoms with E-state index in [-0.39, 0.29) is 10.5 Å². The monoisotopic (exact) mass is 486 g/mol. The molecule has 3 heterocycles. The highest BCUT2D eigenvalue weighted by molar-refractivity contribution is 7.98. The van der Waals surface area contributed by atoms with Gasteiger partial charge in [0.15, 0.2) is 0 Å². The fourth-order valence-corrected chi connectivity index (χ4v) is 5.88. The van der Waals surface area contributed by atoms with Crippen LogP contribution in [0.3, 0.4) is 0 Å². The van der Waals surface area contributed by atoms with Crippen LogP contribution in [0.1, 0.15) is 16.3 Å². The summed E-state index contributed by atoms with van der Waals surface area (Å²) in [7, 11) is -0.557. The lowest BCUT2D eigenvalue weighted by molar-refractivity contribution is 0.520. The first kappa shape index (κ1) is 22.7. The van der Waals surface area contributed by atoms with Crippen LogP contribution in [0, 0.1) is 13.8 Å². The van der Waals surface area contributed by atoms with Crippen LogP contribution in [0.2, 0.25) is 0 Å². The van der Waals surface area contributed by atoms with Gasteiger partial charge in [0.1, 0.15) is 15.6 Å². The number of aromatic amines is 1. The van der Waals surface area contributed by atoms with E-state index in [9.17, 15) is 13.2 Å². The number of hydrogen-bond acceptors (Lipinski definition) is 7. The van der Waals surface area contributed by atoms with E-state index in [4.69, 9.17) is 0 Å². The number of H-pyrrole nitrogens is 1. The predicted molar refractivity (Wildman–Crippen MR) is 130 cm³/mol. The predicted octanol–water partition coefficient (Wildman–Crippen LogP) is 4.21. The number of hydrogen-bond donors (Lipinski definition) is 1. The maximum atomic E-state index is 12.9. The van der Waals surface area contributed by atoms with Crippen LogP contribution >= 0.6 is 23.1 Å². The fourth-order valence-electron chi connectivity index (χ4n) is 3.26. The lowest BCUT2D eigenvalue weighted by Gasteiger charge is -2.11. The summed E-state index contributed by atoms with van der Waals surface area (Å²) in [4.78, 5) is 26.6. The van der Waals surface area contributed by atoms with E-state index in [2.05, 4.69) is 15.0 Å². The largest absolute Gasteiger partial charge is 0.309 e. The summed E-state index contributed by atoms with van der Waals surface area (Å²) in [6.07, 6.45) is 1.34. The second kappa shape index (κ2) is 8.78. The molecule has 4 rings (SSSR count). The van der Waals surface area contributed by atoms with Gasteiger partial charge in [-0.15, -0.1) is 11.3 Å². The fraction of sp³-hybridized carbons (Fsp3) is 0.227. The van der Waals surface area contributed by atoms with Gasteiger partial charge in [0.25, 0.3) is 5.56 Å². The third-order valence-electron chi connectivity index (χ3n) is 4.97. The van der Waals surface area contributed by atoms with Gasteiger partial charge >= 0.3 is 0 Å². The zero-order valence-corrected chi connectivity index (χ0v) is 20.5. The van der Waals surface area contributed by atoms with Crippen molar-refractivity contribution in [2.24, 2.45) is 0 Å². The first-order valence-corrected chi connectivity index (χ1v) is 13.0. The van der Waals surface area contributed by atoms with Crippen molar-refractivity contribution in [3.63, 3.8) is 0 Å². The number of nitrogens with one attached hydrogen (secondary N) is 1. The molecular formula is C22H22N4O3S3. The smallest absolute Gasteiger partial charge is 0.260 e.